The fourth-order valence-corrected chi connectivity index (χ4v) is 3.70. The molecule has 27 heavy (non-hydrogen) atoms. The molecule has 1 N–H and O–H groups in total. The highest BCUT2D eigenvalue weighted by atomic mass is 35.5. The quantitative estimate of drug-likeness (QED) is 0.747. The Morgan fingerprint density at radius 2 is 1.96 bits per heavy atom. The van der Waals surface area contributed by atoms with Crippen molar-refractivity contribution in [2.24, 2.45) is 5.92 Å². The van der Waals surface area contributed by atoms with Crippen molar-refractivity contribution < 1.29 is 9.53 Å². The number of nitrogens with one attached hydrogen (secondary N) is 1. The summed E-state index contributed by atoms with van der Waals surface area (Å²) in [7, 11) is 0. The molecule has 2 aromatic carbocycles. The zero-order valence-corrected chi connectivity index (χ0v) is 15.7. The van der Waals surface area contributed by atoms with Gasteiger partial charge in [0.1, 0.15) is 10.9 Å². The molecule has 1 amide bonds. The normalized spacial score (nSPS) is 15.7. The lowest BCUT2D eigenvalue weighted by Crippen LogP contribution is -2.35. The predicted molar refractivity (Wildman–Crippen MR) is 105 cm³/mol. The second-order valence-electron chi connectivity index (χ2n) is 6.70. The molecule has 3 aromatic rings. The van der Waals surface area contributed by atoms with Crippen molar-refractivity contribution in [1.29, 1.82) is 0 Å². The first kappa shape index (κ1) is 17.6. The maximum absolute atomic E-state index is 12.7. The number of fused-ring (bicyclic) bond motifs is 1. The monoisotopic (exact) mass is 381 g/mol. The lowest BCUT2D eigenvalue weighted by atomic mass is 9.96. The molecule has 0 spiro atoms. The van der Waals surface area contributed by atoms with Crippen LogP contribution >= 0.6 is 11.6 Å². The van der Waals surface area contributed by atoms with E-state index in [1.54, 1.807) is 11.6 Å². The van der Waals surface area contributed by atoms with Gasteiger partial charge in [0.05, 0.1) is 23.6 Å². The van der Waals surface area contributed by atoms with Gasteiger partial charge in [0.2, 0.25) is 0 Å². The SMILES string of the molecule is Cc1nn(-c2ccccc2)c(Cl)c1C(=O)NCC1COc2ccccc2C1. The zero-order valence-electron chi connectivity index (χ0n) is 15.0. The molecule has 1 aliphatic heterocycles. The standard InChI is InChI=1S/C21H20ClN3O2/c1-14-19(20(22)25(24-14)17-8-3-2-4-9-17)21(26)23-12-15-11-16-7-5-6-10-18(16)27-13-15/h2-10,15H,11-13H2,1H3,(H,23,26). The van der Waals surface area contributed by atoms with Gasteiger partial charge >= 0.3 is 0 Å². The van der Waals surface area contributed by atoms with Crippen LogP contribution in [0.15, 0.2) is 54.6 Å². The minimum Gasteiger partial charge on any atom is -0.493 e. The van der Waals surface area contributed by atoms with Crippen LogP contribution in [0.3, 0.4) is 0 Å². The van der Waals surface area contributed by atoms with E-state index >= 15 is 0 Å². The van der Waals surface area contributed by atoms with Gasteiger partial charge in [-0.1, -0.05) is 48.0 Å². The van der Waals surface area contributed by atoms with Crippen LogP contribution in [0.4, 0.5) is 0 Å². The molecule has 0 saturated carbocycles. The lowest BCUT2D eigenvalue weighted by Gasteiger charge is -2.25. The maximum atomic E-state index is 12.7. The second kappa shape index (κ2) is 7.45. The number of amides is 1. The smallest absolute Gasteiger partial charge is 0.256 e. The van der Waals surface area contributed by atoms with E-state index in [1.807, 2.05) is 48.5 Å². The van der Waals surface area contributed by atoms with Crippen LogP contribution in [-0.4, -0.2) is 28.8 Å². The van der Waals surface area contributed by atoms with Crippen LogP contribution in [0, 0.1) is 12.8 Å². The molecule has 0 aliphatic carbocycles. The Balaban J connectivity index is 1.46. The summed E-state index contributed by atoms with van der Waals surface area (Å²) in [6.45, 7) is 2.91. The van der Waals surface area contributed by atoms with Gasteiger partial charge in [-0.15, -0.1) is 0 Å². The molecule has 1 unspecified atom stereocenters. The summed E-state index contributed by atoms with van der Waals surface area (Å²) in [4.78, 5) is 12.7. The summed E-state index contributed by atoms with van der Waals surface area (Å²) in [5, 5.41) is 7.74. The number of hydrogen-bond donors (Lipinski definition) is 1. The highest BCUT2D eigenvalue weighted by Crippen LogP contribution is 2.27. The van der Waals surface area contributed by atoms with Crippen LogP contribution in [-0.2, 0) is 6.42 Å². The summed E-state index contributed by atoms with van der Waals surface area (Å²) in [5.74, 6) is 0.953. The Morgan fingerprint density at radius 3 is 2.78 bits per heavy atom. The Morgan fingerprint density at radius 1 is 1.22 bits per heavy atom. The molecule has 0 radical (unpaired) electrons. The summed E-state index contributed by atoms with van der Waals surface area (Å²) in [6.07, 6.45) is 0.881. The number of aryl methyl sites for hydroxylation is 1. The molecule has 0 fully saturated rings. The van der Waals surface area contributed by atoms with Crippen molar-refractivity contribution in [3.63, 3.8) is 0 Å². The Kier molecular flexibility index (Phi) is 4.86. The highest BCUT2D eigenvalue weighted by Gasteiger charge is 2.24. The Hall–Kier alpha value is -2.79. The molecule has 0 saturated heterocycles. The number of rotatable bonds is 4. The minimum absolute atomic E-state index is 0.210. The van der Waals surface area contributed by atoms with E-state index in [9.17, 15) is 4.79 Å². The Bertz CT molecular complexity index is 969. The number of carbonyl (C=O) groups is 1. The van der Waals surface area contributed by atoms with E-state index in [-0.39, 0.29) is 11.8 Å². The number of halogens is 1. The molecule has 1 aliphatic rings. The number of aromatic nitrogens is 2. The Labute approximate surface area is 162 Å². The van der Waals surface area contributed by atoms with Gasteiger partial charge in [0.25, 0.3) is 5.91 Å². The van der Waals surface area contributed by atoms with E-state index in [4.69, 9.17) is 16.3 Å². The maximum Gasteiger partial charge on any atom is 0.256 e. The fraction of sp³-hybridized carbons (Fsp3) is 0.238. The molecular formula is C21H20ClN3O2. The van der Waals surface area contributed by atoms with Crippen LogP contribution in [0.25, 0.3) is 5.69 Å². The molecule has 5 nitrogen and oxygen atoms in total. The topological polar surface area (TPSA) is 56.2 Å². The molecular weight excluding hydrogens is 362 g/mol. The van der Waals surface area contributed by atoms with E-state index in [0.717, 1.165) is 17.9 Å². The average molecular weight is 382 g/mol. The molecule has 0 bridgehead atoms. The van der Waals surface area contributed by atoms with E-state index in [2.05, 4.69) is 16.5 Å². The fourth-order valence-electron chi connectivity index (χ4n) is 3.34. The summed E-state index contributed by atoms with van der Waals surface area (Å²) in [5.41, 5.74) is 3.01. The van der Waals surface area contributed by atoms with E-state index < -0.39 is 0 Å². The van der Waals surface area contributed by atoms with Crippen molar-refractivity contribution in [3.05, 3.63) is 76.6 Å². The van der Waals surface area contributed by atoms with Gasteiger partial charge in [0, 0.05) is 12.5 Å². The van der Waals surface area contributed by atoms with Crippen LogP contribution in [0.1, 0.15) is 21.6 Å². The zero-order chi connectivity index (χ0) is 18.8. The number of para-hydroxylation sites is 2. The molecule has 1 atom stereocenters. The third-order valence-corrected chi connectivity index (χ3v) is 5.09. The first-order valence-corrected chi connectivity index (χ1v) is 9.30. The van der Waals surface area contributed by atoms with Crippen LogP contribution in [0.2, 0.25) is 5.15 Å². The number of carbonyl (C=O) groups excluding carboxylic acids is 1. The molecule has 2 heterocycles. The van der Waals surface area contributed by atoms with Gasteiger partial charge in [-0.05, 0) is 37.1 Å². The van der Waals surface area contributed by atoms with Gasteiger partial charge in [-0.25, -0.2) is 4.68 Å². The predicted octanol–water partition coefficient (Wildman–Crippen LogP) is 3.82. The highest BCUT2D eigenvalue weighted by molar-refractivity contribution is 6.33. The van der Waals surface area contributed by atoms with Gasteiger partial charge in [0.15, 0.2) is 0 Å². The average Bonchev–Trinajstić information content (AvgIpc) is 3.01. The van der Waals surface area contributed by atoms with Crippen molar-refractivity contribution in [3.8, 4) is 11.4 Å². The summed E-state index contributed by atoms with van der Waals surface area (Å²) in [6, 6.07) is 17.5. The number of benzene rings is 2. The number of nitrogens with zero attached hydrogens (tertiary/aromatic N) is 2. The largest absolute Gasteiger partial charge is 0.493 e. The van der Waals surface area contributed by atoms with Crippen molar-refractivity contribution in [1.82, 2.24) is 15.1 Å². The van der Waals surface area contributed by atoms with Gasteiger partial charge < -0.3 is 10.1 Å². The molecule has 138 valence electrons. The molecule has 6 heteroatoms. The van der Waals surface area contributed by atoms with Crippen molar-refractivity contribution in [2.75, 3.05) is 13.2 Å². The third-order valence-electron chi connectivity index (χ3n) is 4.74. The summed E-state index contributed by atoms with van der Waals surface area (Å²) < 4.78 is 7.38. The van der Waals surface area contributed by atoms with Crippen LogP contribution in [0.5, 0.6) is 5.75 Å². The summed E-state index contributed by atoms with van der Waals surface area (Å²) >= 11 is 6.46. The first-order valence-electron chi connectivity index (χ1n) is 8.93. The van der Waals surface area contributed by atoms with E-state index in [0.29, 0.717) is 29.6 Å². The lowest BCUT2D eigenvalue weighted by molar-refractivity contribution is 0.0938. The molecule has 4 rings (SSSR count). The minimum atomic E-state index is -0.210. The third kappa shape index (κ3) is 3.55. The first-order chi connectivity index (χ1) is 13.1. The van der Waals surface area contributed by atoms with Crippen molar-refractivity contribution in [2.45, 2.75) is 13.3 Å². The van der Waals surface area contributed by atoms with Crippen molar-refractivity contribution >= 4 is 17.5 Å². The second-order valence-corrected chi connectivity index (χ2v) is 7.06. The van der Waals surface area contributed by atoms with E-state index in [1.165, 1.54) is 5.56 Å². The van der Waals surface area contributed by atoms with Gasteiger partial charge in [-0.3, -0.25) is 4.79 Å². The van der Waals surface area contributed by atoms with Crippen LogP contribution < -0.4 is 10.1 Å². The molecule has 1 aromatic heterocycles. The van der Waals surface area contributed by atoms with Gasteiger partial charge in [-0.2, -0.15) is 5.10 Å². The number of hydrogen-bond acceptors (Lipinski definition) is 3. The number of ether oxygens (including phenoxy) is 1.